The van der Waals surface area contributed by atoms with Gasteiger partial charge in [-0.2, -0.15) is 8.42 Å². The van der Waals surface area contributed by atoms with Gasteiger partial charge in [-0.1, -0.05) is 38.3 Å². The van der Waals surface area contributed by atoms with Crippen LogP contribution in [-0.4, -0.2) is 14.2 Å². The zero-order valence-electron chi connectivity index (χ0n) is 11.5. The lowest BCUT2D eigenvalue weighted by molar-refractivity contribution is 0.441. The second-order valence-electron chi connectivity index (χ2n) is 5.25. The zero-order chi connectivity index (χ0) is 13.7. The van der Waals surface area contributed by atoms with Crippen molar-refractivity contribution in [2.75, 3.05) is 5.75 Å². The maximum absolute atomic E-state index is 11.7. The van der Waals surface area contributed by atoms with Crippen LogP contribution in [0.2, 0.25) is 0 Å². The summed E-state index contributed by atoms with van der Waals surface area (Å²) in [7, 11) is -3.43. The molecule has 1 aromatic rings. The Morgan fingerprint density at radius 3 is 2.63 bits per heavy atom. The quantitative estimate of drug-likeness (QED) is 0.770. The van der Waals surface area contributed by atoms with Crippen molar-refractivity contribution in [2.24, 2.45) is 0 Å². The van der Waals surface area contributed by atoms with Gasteiger partial charge in [0.15, 0.2) is 0 Å². The van der Waals surface area contributed by atoms with Crippen molar-refractivity contribution in [3.8, 4) is 5.75 Å². The first-order chi connectivity index (χ1) is 9.11. The Kier molecular flexibility index (Phi) is 4.86. The van der Waals surface area contributed by atoms with Crippen LogP contribution in [0.3, 0.4) is 0 Å². The van der Waals surface area contributed by atoms with Crippen LogP contribution in [0.15, 0.2) is 24.3 Å². The first kappa shape index (κ1) is 14.4. The minimum absolute atomic E-state index is 0.0701. The maximum Gasteiger partial charge on any atom is 0.309 e. The molecule has 0 heterocycles. The fourth-order valence-corrected chi connectivity index (χ4v) is 3.67. The van der Waals surface area contributed by atoms with Gasteiger partial charge in [0.2, 0.25) is 0 Å². The van der Waals surface area contributed by atoms with Crippen LogP contribution in [0.1, 0.15) is 56.9 Å². The van der Waals surface area contributed by atoms with Crippen LogP contribution in [0.25, 0.3) is 0 Å². The summed E-state index contributed by atoms with van der Waals surface area (Å²) >= 11 is 0. The van der Waals surface area contributed by atoms with Gasteiger partial charge in [0, 0.05) is 0 Å². The van der Waals surface area contributed by atoms with E-state index in [2.05, 4.69) is 6.07 Å². The van der Waals surface area contributed by atoms with Crippen molar-refractivity contribution < 1.29 is 12.6 Å². The summed E-state index contributed by atoms with van der Waals surface area (Å²) in [5.41, 5.74) is 1.21. The molecule has 106 valence electrons. The highest BCUT2D eigenvalue weighted by atomic mass is 32.2. The van der Waals surface area contributed by atoms with Crippen LogP contribution in [0.4, 0.5) is 0 Å². The van der Waals surface area contributed by atoms with Gasteiger partial charge in [-0.3, -0.25) is 0 Å². The molecule has 0 unspecified atom stereocenters. The molecule has 0 N–H and O–H groups in total. The molecule has 1 aromatic carbocycles. The van der Waals surface area contributed by atoms with E-state index >= 15 is 0 Å². The zero-order valence-corrected chi connectivity index (χ0v) is 12.3. The molecule has 0 bridgehead atoms. The Hall–Kier alpha value is -1.03. The normalized spacial score (nSPS) is 17.3. The molecule has 0 amide bonds. The van der Waals surface area contributed by atoms with Gasteiger partial charge < -0.3 is 4.18 Å². The summed E-state index contributed by atoms with van der Waals surface area (Å²) < 4.78 is 28.5. The Labute approximate surface area is 116 Å². The predicted octanol–water partition coefficient (Wildman–Crippen LogP) is 3.85. The van der Waals surface area contributed by atoms with E-state index in [0.717, 1.165) is 0 Å². The van der Waals surface area contributed by atoms with Gasteiger partial charge in [-0.15, -0.1) is 0 Å². The van der Waals surface area contributed by atoms with E-state index in [1.165, 1.54) is 37.7 Å². The van der Waals surface area contributed by atoms with Gasteiger partial charge in [-0.05, 0) is 42.9 Å². The summed E-state index contributed by atoms with van der Waals surface area (Å²) in [6, 6.07) is 7.58. The summed E-state index contributed by atoms with van der Waals surface area (Å²) in [6.45, 7) is 1.83. The third kappa shape index (κ3) is 4.23. The smallest absolute Gasteiger partial charge is 0.309 e. The van der Waals surface area contributed by atoms with E-state index in [0.29, 0.717) is 18.1 Å². The summed E-state index contributed by atoms with van der Waals surface area (Å²) in [5.74, 6) is 1.09. The third-order valence-corrected chi connectivity index (χ3v) is 4.97. The average Bonchev–Trinajstić information content (AvgIpc) is 2.39. The summed E-state index contributed by atoms with van der Waals surface area (Å²) in [6.07, 6.45) is 6.83. The van der Waals surface area contributed by atoms with E-state index in [1.807, 2.05) is 19.1 Å². The molecule has 1 aliphatic carbocycles. The molecule has 3 nitrogen and oxygen atoms in total. The van der Waals surface area contributed by atoms with Gasteiger partial charge in [0.1, 0.15) is 5.75 Å². The van der Waals surface area contributed by atoms with Crippen LogP contribution < -0.4 is 4.18 Å². The van der Waals surface area contributed by atoms with Crippen LogP contribution in [0.5, 0.6) is 5.75 Å². The van der Waals surface area contributed by atoms with Crippen LogP contribution >= 0.6 is 0 Å². The second-order valence-corrected chi connectivity index (χ2v) is 6.94. The number of benzene rings is 1. The molecule has 4 heteroatoms. The average molecular weight is 282 g/mol. The van der Waals surface area contributed by atoms with Gasteiger partial charge in [0.05, 0.1) is 5.75 Å². The SMILES string of the molecule is CCCS(=O)(=O)Oc1cccc(C2CCCCC2)c1. The van der Waals surface area contributed by atoms with Crippen molar-refractivity contribution in [3.05, 3.63) is 29.8 Å². The molecule has 0 atom stereocenters. The summed E-state index contributed by atoms with van der Waals surface area (Å²) in [4.78, 5) is 0. The van der Waals surface area contributed by atoms with Gasteiger partial charge in [0.25, 0.3) is 0 Å². The lowest BCUT2D eigenvalue weighted by atomic mass is 9.84. The molecule has 0 aromatic heterocycles. The fraction of sp³-hybridized carbons (Fsp3) is 0.600. The van der Waals surface area contributed by atoms with Crippen LogP contribution in [-0.2, 0) is 10.1 Å². The Morgan fingerprint density at radius 1 is 1.21 bits per heavy atom. The number of hydrogen-bond acceptors (Lipinski definition) is 3. The van der Waals surface area contributed by atoms with E-state index in [4.69, 9.17) is 4.18 Å². The highest BCUT2D eigenvalue weighted by Gasteiger charge is 2.17. The molecule has 0 radical (unpaired) electrons. The molecule has 19 heavy (non-hydrogen) atoms. The molecule has 1 aliphatic rings. The fourth-order valence-electron chi connectivity index (χ4n) is 2.69. The Bertz CT molecular complexity index is 502. The Morgan fingerprint density at radius 2 is 1.95 bits per heavy atom. The van der Waals surface area contributed by atoms with Gasteiger partial charge >= 0.3 is 10.1 Å². The first-order valence-corrected chi connectivity index (χ1v) is 8.70. The van der Waals surface area contributed by atoms with E-state index < -0.39 is 10.1 Å². The van der Waals surface area contributed by atoms with E-state index in [9.17, 15) is 8.42 Å². The molecule has 1 fully saturated rings. The molecule has 0 spiro atoms. The third-order valence-electron chi connectivity index (χ3n) is 3.61. The van der Waals surface area contributed by atoms with Crippen molar-refractivity contribution in [2.45, 2.75) is 51.4 Å². The van der Waals surface area contributed by atoms with Crippen LogP contribution in [0, 0.1) is 0 Å². The molecule has 1 saturated carbocycles. The standard InChI is InChI=1S/C15H22O3S/c1-2-11-19(16,17)18-15-10-6-9-14(12-15)13-7-4-3-5-8-13/h6,9-10,12-13H,2-5,7-8,11H2,1H3. The molecule has 0 saturated heterocycles. The topological polar surface area (TPSA) is 43.4 Å². The maximum atomic E-state index is 11.7. The first-order valence-electron chi connectivity index (χ1n) is 7.13. The van der Waals surface area contributed by atoms with Crippen molar-refractivity contribution in [1.29, 1.82) is 0 Å². The monoisotopic (exact) mass is 282 g/mol. The highest BCUT2D eigenvalue weighted by Crippen LogP contribution is 2.34. The lowest BCUT2D eigenvalue weighted by Gasteiger charge is -2.22. The molecular formula is C15H22O3S. The Balaban J connectivity index is 2.10. The van der Waals surface area contributed by atoms with E-state index in [1.54, 1.807) is 6.07 Å². The predicted molar refractivity (Wildman–Crippen MR) is 77.0 cm³/mol. The minimum atomic E-state index is -3.43. The lowest BCUT2D eigenvalue weighted by Crippen LogP contribution is -2.13. The summed E-state index contributed by atoms with van der Waals surface area (Å²) in [5, 5.41) is 0. The molecular weight excluding hydrogens is 260 g/mol. The largest absolute Gasteiger partial charge is 0.382 e. The van der Waals surface area contributed by atoms with Crippen molar-refractivity contribution in [1.82, 2.24) is 0 Å². The van der Waals surface area contributed by atoms with Crippen molar-refractivity contribution in [3.63, 3.8) is 0 Å². The molecule has 2 rings (SSSR count). The number of rotatable bonds is 5. The highest BCUT2D eigenvalue weighted by molar-refractivity contribution is 7.87. The van der Waals surface area contributed by atoms with E-state index in [-0.39, 0.29) is 5.75 Å². The number of hydrogen-bond donors (Lipinski definition) is 0. The second kappa shape index (κ2) is 6.42. The minimum Gasteiger partial charge on any atom is -0.382 e. The molecule has 0 aliphatic heterocycles. The van der Waals surface area contributed by atoms with Gasteiger partial charge in [-0.25, -0.2) is 0 Å². The van der Waals surface area contributed by atoms with Crippen molar-refractivity contribution >= 4 is 10.1 Å².